The van der Waals surface area contributed by atoms with Crippen LogP contribution in [0.15, 0.2) is 65.8 Å². The van der Waals surface area contributed by atoms with Gasteiger partial charge in [0.15, 0.2) is 0 Å². The predicted molar refractivity (Wildman–Crippen MR) is 80.6 cm³/mol. The van der Waals surface area contributed by atoms with Crippen molar-refractivity contribution in [3.05, 3.63) is 76.8 Å². The molecule has 0 aromatic heterocycles. The summed E-state index contributed by atoms with van der Waals surface area (Å²) < 4.78 is 0. The first-order valence-electron chi connectivity index (χ1n) is 5.97. The van der Waals surface area contributed by atoms with E-state index in [4.69, 9.17) is 16.4 Å². The topological polar surface area (TPSA) is 38.7 Å². The van der Waals surface area contributed by atoms with Gasteiger partial charge in [-0.3, -0.25) is 0 Å². The Morgan fingerprint density at radius 1 is 1.00 bits per heavy atom. The van der Waals surface area contributed by atoms with Gasteiger partial charge < -0.3 is 4.84 Å². The number of halogens is 1. The molecule has 0 atom stereocenters. The van der Waals surface area contributed by atoms with Crippen LogP contribution < -0.4 is 0 Å². The Hall–Kier alpha value is -2.39. The summed E-state index contributed by atoms with van der Waals surface area (Å²) >= 11 is 5.76. The third kappa shape index (κ3) is 4.71. The lowest BCUT2D eigenvalue weighted by Crippen LogP contribution is -1.94. The molecule has 0 aliphatic heterocycles. The van der Waals surface area contributed by atoms with Crippen LogP contribution in [0.25, 0.3) is 6.08 Å². The van der Waals surface area contributed by atoms with E-state index in [1.807, 2.05) is 30.3 Å². The van der Waals surface area contributed by atoms with Gasteiger partial charge in [0.25, 0.3) is 0 Å². The quantitative estimate of drug-likeness (QED) is 0.369. The van der Waals surface area contributed by atoms with Crippen molar-refractivity contribution in [2.24, 2.45) is 5.16 Å². The molecule has 0 aliphatic carbocycles. The summed E-state index contributed by atoms with van der Waals surface area (Å²) in [5.74, 6) is -0.529. The van der Waals surface area contributed by atoms with E-state index in [1.165, 1.54) is 12.3 Å². The molecule has 3 nitrogen and oxygen atoms in total. The molecule has 0 N–H and O–H groups in total. The molecule has 0 amide bonds. The Morgan fingerprint density at radius 2 is 1.70 bits per heavy atom. The van der Waals surface area contributed by atoms with Crippen molar-refractivity contribution in [2.45, 2.75) is 0 Å². The summed E-state index contributed by atoms with van der Waals surface area (Å²) in [4.78, 5) is 16.1. The lowest BCUT2D eigenvalue weighted by atomic mass is 10.2. The van der Waals surface area contributed by atoms with Gasteiger partial charge in [-0.2, -0.15) is 0 Å². The summed E-state index contributed by atoms with van der Waals surface area (Å²) in [6.07, 6.45) is 4.44. The number of hydrogen-bond donors (Lipinski definition) is 0. The normalized spacial score (nSPS) is 11.1. The maximum atomic E-state index is 11.4. The van der Waals surface area contributed by atoms with Crippen LogP contribution in [-0.2, 0) is 9.63 Å². The van der Waals surface area contributed by atoms with Gasteiger partial charge in [0.1, 0.15) is 0 Å². The molecule has 4 heteroatoms. The van der Waals surface area contributed by atoms with Gasteiger partial charge in [0.05, 0.1) is 6.21 Å². The molecule has 2 aromatic rings. The van der Waals surface area contributed by atoms with Gasteiger partial charge in [0, 0.05) is 11.1 Å². The van der Waals surface area contributed by atoms with Crippen LogP contribution in [0.1, 0.15) is 11.1 Å². The van der Waals surface area contributed by atoms with Gasteiger partial charge in [-0.1, -0.05) is 59.2 Å². The molecule has 0 spiro atoms. The zero-order valence-corrected chi connectivity index (χ0v) is 11.3. The number of carbonyl (C=O) groups is 1. The van der Waals surface area contributed by atoms with Crippen LogP contribution in [0.4, 0.5) is 0 Å². The van der Waals surface area contributed by atoms with E-state index in [-0.39, 0.29) is 0 Å². The third-order valence-corrected chi connectivity index (χ3v) is 2.68. The maximum Gasteiger partial charge on any atom is 0.358 e. The molecule has 0 radical (unpaired) electrons. The number of rotatable bonds is 4. The number of hydrogen-bond acceptors (Lipinski definition) is 3. The number of carbonyl (C=O) groups excluding carboxylic acids is 1. The summed E-state index contributed by atoms with van der Waals surface area (Å²) in [7, 11) is 0. The minimum atomic E-state index is -0.529. The molecule has 20 heavy (non-hydrogen) atoms. The van der Waals surface area contributed by atoms with Crippen LogP contribution in [0.3, 0.4) is 0 Å². The van der Waals surface area contributed by atoms with E-state index in [0.717, 1.165) is 11.1 Å². The monoisotopic (exact) mass is 285 g/mol. The van der Waals surface area contributed by atoms with Crippen molar-refractivity contribution in [3.63, 3.8) is 0 Å². The summed E-state index contributed by atoms with van der Waals surface area (Å²) in [6.45, 7) is 0. The van der Waals surface area contributed by atoms with Crippen molar-refractivity contribution < 1.29 is 9.63 Å². The van der Waals surface area contributed by atoms with Gasteiger partial charge >= 0.3 is 5.97 Å². The molecule has 100 valence electrons. The van der Waals surface area contributed by atoms with Crippen LogP contribution in [-0.4, -0.2) is 12.2 Å². The largest absolute Gasteiger partial charge is 0.358 e. The number of benzene rings is 2. The molecular weight excluding hydrogens is 274 g/mol. The second-order valence-electron chi connectivity index (χ2n) is 3.94. The average molecular weight is 286 g/mol. The van der Waals surface area contributed by atoms with E-state index in [1.54, 1.807) is 30.3 Å². The Balaban J connectivity index is 1.86. The first kappa shape index (κ1) is 14.0. The number of nitrogens with zero attached hydrogens (tertiary/aromatic N) is 1. The highest BCUT2D eigenvalue weighted by Crippen LogP contribution is 2.08. The summed E-state index contributed by atoms with van der Waals surface area (Å²) in [5.41, 5.74) is 1.72. The molecule has 0 saturated heterocycles. The van der Waals surface area contributed by atoms with Crippen molar-refractivity contribution in [1.82, 2.24) is 0 Å². The fourth-order valence-corrected chi connectivity index (χ4v) is 1.57. The Kier molecular flexibility index (Phi) is 5.09. The maximum absolute atomic E-state index is 11.4. The second-order valence-corrected chi connectivity index (χ2v) is 4.38. The van der Waals surface area contributed by atoms with Gasteiger partial charge in [-0.25, -0.2) is 4.79 Å². The van der Waals surface area contributed by atoms with Gasteiger partial charge in [0.2, 0.25) is 0 Å². The fourth-order valence-electron chi connectivity index (χ4n) is 1.45. The standard InChI is InChI=1S/C16H12ClNO2/c17-15-9-6-14(7-10-15)12-18-20-16(19)11-8-13-4-2-1-3-5-13/h1-12H/b11-8+,18-12?. The molecule has 0 unspecified atom stereocenters. The first-order valence-corrected chi connectivity index (χ1v) is 6.35. The van der Waals surface area contributed by atoms with Crippen LogP contribution >= 0.6 is 11.6 Å². The molecular formula is C16H12ClNO2. The molecule has 0 fully saturated rings. The van der Waals surface area contributed by atoms with Crippen LogP contribution in [0.5, 0.6) is 0 Å². The Morgan fingerprint density at radius 3 is 2.40 bits per heavy atom. The zero-order valence-electron chi connectivity index (χ0n) is 10.6. The van der Waals surface area contributed by atoms with Crippen molar-refractivity contribution in [2.75, 3.05) is 0 Å². The average Bonchev–Trinajstić information content (AvgIpc) is 2.48. The Labute approximate surface area is 122 Å². The van der Waals surface area contributed by atoms with Gasteiger partial charge in [-0.15, -0.1) is 0 Å². The minimum Gasteiger partial charge on any atom is -0.313 e. The smallest absolute Gasteiger partial charge is 0.313 e. The van der Waals surface area contributed by atoms with E-state index < -0.39 is 5.97 Å². The predicted octanol–water partition coefficient (Wildman–Crippen LogP) is 3.93. The van der Waals surface area contributed by atoms with Crippen molar-refractivity contribution in [1.29, 1.82) is 0 Å². The molecule has 0 bridgehead atoms. The highest BCUT2D eigenvalue weighted by Gasteiger charge is 1.95. The van der Waals surface area contributed by atoms with E-state index in [0.29, 0.717) is 5.02 Å². The van der Waals surface area contributed by atoms with E-state index in [9.17, 15) is 4.79 Å². The lowest BCUT2D eigenvalue weighted by molar-refractivity contribution is -0.137. The zero-order chi connectivity index (χ0) is 14.2. The highest BCUT2D eigenvalue weighted by atomic mass is 35.5. The molecule has 0 heterocycles. The van der Waals surface area contributed by atoms with Crippen molar-refractivity contribution >= 4 is 29.9 Å². The second kappa shape index (κ2) is 7.26. The van der Waals surface area contributed by atoms with E-state index >= 15 is 0 Å². The SMILES string of the molecule is O=C(/C=C/c1ccccc1)ON=Cc1ccc(Cl)cc1. The van der Waals surface area contributed by atoms with Crippen LogP contribution in [0, 0.1) is 0 Å². The summed E-state index contributed by atoms with van der Waals surface area (Å²) in [5, 5.41) is 4.26. The third-order valence-electron chi connectivity index (χ3n) is 2.43. The Bertz CT molecular complexity index is 619. The molecule has 2 rings (SSSR count). The minimum absolute atomic E-state index is 0.529. The summed E-state index contributed by atoms with van der Waals surface area (Å²) in [6, 6.07) is 16.5. The lowest BCUT2D eigenvalue weighted by Gasteiger charge is -1.94. The van der Waals surface area contributed by atoms with Crippen molar-refractivity contribution in [3.8, 4) is 0 Å². The van der Waals surface area contributed by atoms with Gasteiger partial charge in [-0.05, 0) is 29.3 Å². The molecule has 2 aromatic carbocycles. The molecule has 0 aliphatic rings. The highest BCUT2D eigenvalue weighted by molar-refractivity contribution is 6.30. The van der Waals surface area contributed by atoms with E-state index in [2.05, 4.69) is 5.16 Å². The number of oxime groups is 1. The molecule has 0 saturated carbocycles. The fraction of sp³-hybridized carbons (Fsp3) is 0. The van der Waals surface area contributed by atoms with Crippen LogP contribution in [0.2, 0.25) is 5.02 Å². The first-order chi connectivity index (χ1) is 9.74.